The zero-order valence-electron chi connectivity index (χ0n) is 14.0. The summed E-state index contributed by atoms with van der Waals surface area (Å²) in [5, 5.41) is 2.98. The average molecular weight is 386 g/mol. The van der Waals surface area contributed by atoms with Crippen molar-refractivity contribution in [3.8, 4) is 0 Å². The fraction of sp³-hybridized carbons (Fsp3) is 0.263. The number of hydrogen-bond acceptors (Lipinski definition) is 2. The first-order chi connectivity index (χ1) is 11.5. The molecule has 0 spiro atoms. The molecule has 3 aromatic rings. The van der Waals surface area contributed by atoms with Gasteiger partial charge in [-0.3, -0.25) is 9.20 Å². The third-order valence-electron chi connectivity index (χ3n) is 4.04. The van der Waals surface area contributed by atoms with Crippen molar-refractivity contribution >= 4 is 33.2 Å². The number of rotatable bonds is 4. The second-order valence-corrected chi connectivity index (χ2v) is 6.98. The van der Waals surface area contributed by atoms with Crippen LogP contribution in [0.5, 0.6) is 0 Å². The molecule has 0 fully saturated rings. The molecule has 24 heavy (non-hydrogen) atoms. The van der Waals surface area contributed by atoms with E-state index in [1.165, 1.54) is 5.56 Å². The van der Waals surface area contributed by atoms with Gasteiger partial charge in [0.05, 0.1) is 5.69 Å². The fourth-order valence-electron chi connectivity index (χ4n) is 2.70. The van der Waals surface area contributed by atoms with Crippen molar-refractivity contribution in [2.75, 3.05) is 5.32 Å². The number of carbonyl (C=O) groups is 1. The molecule has 5 heteroatoms. The van der Waals surface area contributed by atoms with E-state index in [2.05, 4.69) is 40.1 Å². The molecule has 3 rings (SSSR count). The highest BCUT2D eigenvalue weighted by Crippen LogP contribution is 2.21. The molecular weight excluding hydrogens is 366 g/mol. The van der Waals surface area contributed by atoms with E-state index in [9.17, 15) is 4.79 Å². The van der Waals surface area contributed by atoms with E-state index in [0.717, 1.165) is 21.5 Å². The van der Waals surface area contributed by atoms with Crippen molar-refractivity contribution in [3.63, 3.8) is 0 Å². The number of amides is 1. The lowest BCUT2D eigenvalue weighted by molar-refractivity contribution is 0.102. The molecule has 0 unspecified atom stereocenters. The number of pyridine rings is 1. The van der Waals surface area contributed by atoms with E-state index in [1.807, 2.05) is 53.9 Å². The number of hydrogen-bond donors (Lipinski definition) is 1. The molecule has 4 nitrogen and oxygen atoms in total. The van der Waals surface area contributed by atoms with Crippen LogP contribution < -0.4 is 5.32 Å². The lowest BCUT2D eigenvalue weighted by Crippen LogP contribution is -2.16. The Morgan fingerprint density at radius 3 is 2.54 bits per heavy atom. The maximum absolute atomic E-state index is 12.8. The first-order valence-corrected chi connectivity index (χ1v) is 8.86. The van der Waals surface area contributed by atoms with Crippen molar-refractivity contribution in [2.24, 2.45) is 0 Å². The molecule has 2 heterocycles. The molecule has 0 radical (unpaired) electrons. The van der Waals surface area contributed by atoms with E-state index in [-0.39, 0.29) is 5.91 Å². The molecule has 2 aromatic heterocycles. The summed E-state index contributed by atoms with van der Waals surface area (Å²) in [6.07, 6.45) is 2.58. The van der Waals surface area contributed by atoms with Crippen LogP contribution in [0.1, 0.15) is 48.4 Å². The number of anilines is 1. The Morgan fingerprint density at radius 1 is 1.21 bits per heavy atom. The summed E-state index contributed by atoms with van der Waals surface area (Å²) in [7, 11) is 0. The fourth-order valence-corrected chi connectivity index (χ4v) is 3.03. The van der Waals surface area contributed by atoms with Gasteiger partial charge in [-0.1, -0.05) is 32.9 Å². The quantitative estimate of drug-likeness (QED) is 0.683. The summed E-state index contributed by atoms with van der Waals surface area (Å²) < 4.78 is 2.74. The van der Waals surface area contributed by atoms with Gasteiger partial charge in [0.2, 0.25) is 0 Å². The number of fused-ring (bicyclic) bond motifs is 1. The van der Waals surface area contributed by atoms with E-state index >= 15 is 0 Å². The van der Waals surface area contributed by atoms with Gasteiger partial charge < -0.3 is 5.32 Å². The van der Waals surface area contributed by atoms with Gasteiger partial charge in [0.25, 0.3) is 5.91 Å². The number of aryl methyl sites for hydroxylation is 1. The van der Waals surface area contributed by atoms with Crippen LogP contribution in [-0.4, -0.2) is 15.3 Å². The van der Waals surface area contributed by atoms with Crippen LogP contribution in [-0.2, 0) is 6.42 Å². The van der Waals surface area contributed by atoms with Crippen LogP contribution >= 0.6 is 15.9 Å². The normalized spacial score (nSPS) is 11.2. The van der Waals surface area contributed by atoms with Crippen LogP contribution in [0.2, 0.25) is 0 Å². The SMILES string of the molecule is CCc1nc2ccc(Br)cn2c1C(=O)Nc1ccc(C(C)C)cc1. The first-order valence-electron chi connectivity index (χ1n) is 8.07. The van der Waals surface area contributed by atoms with Gasteiger partial charge in [0.1, 0.15) is 11.3 Å². The number of imidazole rings is 1. The smallest absolute Gasteiger partial charge is 0.274 e. The second-order valence-electron chi connectivity index (χ2n) is 6.07. The third kappa shape index (κ3) is 3.22. The predicted octanol–water partition coefficient (Wildman–Crippen LogP) is 5.03. The number of halogens is 1. The minimum atomic E-state index is -0.144. The summed E-state index contributed by atoms with van der Waals surface area (Å²) in [6, 6.07) is 11.8. The predicted molar refractivity (Wildman–Crippen MR) is 101 cm³/mol. The van der Waals surface area contributed by atoms with Crippen molar-refractivity contribution in [1.29, 1.82) is 0 Å². The van der Waals surface area contributed by atoms with Gasteiger partial charge in [-0.15, -0.1) is 0 Å². The molecule has 0 atom stereocenters. The molecule has 0 aliphatic rings. The minimum Gasteiger partial charge on any atom is -0.321 e. The van der Waals surface area contributed by atoms with Crippen LogP contribution in [0.3, 0.4) is 0 Å². The summed E-state index contributed by atoms with van der Waals surface area (Å²) >= 11 is 3.45. The van der Waals surface area contributed by atoms with E-state index in [0.29, 0.717) is 18.0 Å². The van der Waals surface area contributed by atoms with Gasteiger partial charge in [-0.25, -0.2) is 4.98 Å². The molecule has 0 aliphatic carbocycles. The van der Waals surface area contributed by atoms with Crippen molar-refractivity contribution in [1.82, 2.24) is 9.38 Å². The molecule has 1 N–H and O–H groups in total. The molecule has 0 saturated carbocycles. The summed E-state index contributed by atoms with van der Waals surface area (Å²) in [5.74, 6) is 0.326. The highest BCUT2D eigenvalue weighted by atomic mass is 79.9. The van der Waals surface area contributed by atoms with Crippen LogP contribution in [0, 0.1) is 0 Å². The average Bonchev–Trinajstić information content (AvgIpc) is 2.93. The molecule has 124 valence electrons. The van der Waals surface area contributed by atoms with E-state index < -0.39 is 0 Å². The summed E-state index contributed by atoms with van der Waals surface area (Å²) in [5.41, 5.74) is 4.19. The molecule has 0 saturated heterocycles. The maximum atomic E-state index is 12.8. The van der Waals surface area contributed by atoms with Gasteiger partial charge in [0, 0.05) is 16.4 Å². The molecule has 0 bridgehead atoms. The van der Waals surface area contributed by atoms with E-state index in [4.69, 9.17) is 0 Å². The second kappa shape index (κ2) is 6.77. The van der Waals surface area contributed by atoms with Crippen LogP contribution in [0.15, 0.2) is 47.1 Å². The Bertz CT molecular complexity index is 882. The topological polar surface area (TPSA) is 46.4 Å². The first kappa shape index (κ1) is 16.7. The number of carbonyl (C=O) groups excluding carboxylic acids is 1. The zero-order valence-corrected chi connectivity index (χ0v) is 15.6. The van der Waals surface area contributed by atoms with Gasteiger partial charge in [-0.2, -0.15) is 0 Å². The number of aromatic nitrogens is 2. The molecule has 1 aromatic carbocycles. The van der Waals surface area contributed by atoms with Gasteiger partial charge >= 0.3 is 0 Å². The Labute approximate surface area is 150 Å². The maximum Gasteiger partial charge on any atom is 0.274 e. The highest BCUT2D eigenvalue weighted by Gasteiger charge is 2.18. The summed E-state index contributed by atoms with van der Waals surface area (Å²) in [4.78, 5) is 17.4. The van der Waals surface area contributed by atoms with Crippen molar-refractivity contribution in [3.05, 3.63) is 64.0 Å². The minimum absolute atomic E-state index is 0.144. The zero-order chi connectivity index (χ0) is 17.3. The standard InChI is InChI=1S/C19H20BrN3O/c1-4-16-18(23-11-14(20)7-10-17(23)22-16)19(24)21-15-8-5-13(6-9-15)12(2)3/h5-12H,4H2,1-3H3,(H,21,24). The Morgan fingerprint density at radius 2 is 1.92 bits per heavy atom. The Balaban J connectivity index is 1.94. The highest BCUT2D eigenvalue weighted by molar-refractivity contribution is 9.10. The molecule has 0 aliphatic heterocycles. The Kier molecular flexibility index (Phi) is 4.71. The van der Waals surface area contributed by atoms with Gasteiger partial charge in [0.15, 0.2) is 0 Å². The van der Waals surface area contributed by atoms with Crippen molar-refractivity contribution < 1.29 is 4.79 Å². The monoisotopic (exact) mass is 385 g/mol. The largest absolute Gasteiger partial charge is 0.321 e. The summed E-state index contributed by atoms with van der Waals surface area (Å²) in [6.45, 7) is 6.31. The lowest BCUT2D eigenvalue weighted by Gasteiger charge is -2.09. The van der Waals surface area contributed by atoms with Crippen molar-refractivity contribution in [2.45, 2.75) is 33.1 Å². The van der Waals surface area contributed by atoms with E-state index in [1.54, 1.807) is 0 Å². The van der Waals surface area contributed by atoms with Crippen LogP contribution in [0.4, 0.5) is 5.69 Å². The van der Waals surface area contributed by atoms with Crippen LogP contribution in [0.25, 0.3) is 5.65 Å². The lowest BCUT2D eigenvalue weighted by atomic mass is 10.0. The molecule has 1 amide bonds. The Hall–Kier alpha value is -2.14. The van der Waals surface area contributed by atoms with Gasteiger partial charge in [-0.05, 0) is 58.1 Å². The third-order valence-corrected chi connectivity index (χ3v) is 4.51. The number of nitrogens with one attached hydrogen (secondary N) is 1. The molecular formula is C19H20BrN3O. The number of nitrogens with zero attached hydrogens (tertiary/aromatic N) is 2. The number of benzene rings is 1.